The second kappa shape index (κ2) is 6.42. The number of aliphatic hydroxyl groups is 1. The van der Waals surface area contributed by atoms with Crippen LogP contribution in [-0.4, -0.2) is 42.5 Å². The second-order valence-electron chi connectivity index (χ2n) is 4.37. The van der Waals surface area contributed by atoms with Crippen LogP contribution in [0.4, 0.5) is 0 Å². The number of nitrogens with zero attached hydrogens (tertiary/aromatic N) is 1. The molecule has 0 fully saturated rings. The first kappa shape index (κ1) is 16.0. The minimum absolute atomic E-state index is 0.120. The first-order valence-corrected chi connectivity index (χ1v) is 7.75. The Morgan fingerprint density at radius 1 is 1.42 bits per heavy atom. The number of hydrogen-bond acceptors (Lipinski definition) is 4. The number of sulfonamides is 1. The van der Waals surface area contributed by atoms with Crippen molar-refractivity contribution in [2.75, 3.05) is 13.7 Å². The maximum Gasteiger partial charge on any atom is 0.218 e. The quantitative estimate of drug-likeness (QED) is 0.746. The number of nitrogens with two attached hydrogens (primary N) is 1. The van der Waals surface area contributed by atoms with Crippen LogP contribution in [0.5, 0.6) is 0 Å². The number of aliphatic hydroxyl groups excluding tert-OH is 1. The fourth-order valence-electron chi connectivity index (χ4n) is 1.47. The van der Waals surface area contributed by atoms with Gasteiger partial charge in [0.15, 0.2) is 0 Å². The third-order valence-electron chi connectivity index (χ3n) is 2.91. The van der Waals surface area contributed by atoms with E-state index in [0.29, 0.717) is 11.1 Å². The van der Waals surface area contributed by atoms with Crippen molar-refractivity contribution in [2.24, 2.45) is 5.73 Å². The minimum Gasteiger partial charge on any atom is -0.395 e. The molecule has 3 N–H and O–H groups in total. The molecule has 19 heavy (non-hydrogen) atoms. The van der Waals surface area contributed by atoms with Crippen LogP contribution in [0.25, 0.3) is 0 Å². The Kier molecular flexibility index (Phi) is 5.42. The Morgan fingerprint density at radius 2 is 1.95 bits per heavy atom. The van der Waals surface area contributed by atoms with Crippen molar-refractivity contribution in [3.63, 3.8) is 0 Å². The van der Waals surface area contributed by atoms with E-state index >= 15 is 0 Å². The molecule has 1 unspecified atom stereocenters. The lowest BCUT2D eigenvalue weighted by molar-refractivity contribution is 0.213. The number of hydrogen-bond donors (Lipinski definition) is 2. The van der Waals surface area contributed by atoms with Crippen LogP contribution >= 0.6 is 12.2 Å². The van der Waals surface area contributed by atoms with Crippen LogP contribution in [0.15, 0.2) is 24.3 Å². The summed E-state index contributed by atoms with van der Waals surface area (Å²) in [6, 6.07) is 6.32. The van der Waals surface area contributed by atoms with E-state index in [2.05, 4.69) is 0 Å². The van der Waals surface area contributed by atoms with Gasteiger partial charge in [0, 0.05) is 18.7 Å². The number of benzene rings is 1. The molecule has 0 aliphatic rings. The molecule has 1 rings (SSSR count). The van der Waals surface area contributed by atoms with Crippen LogP contribution < -0.4 is 5.73 Å². The highest BCUT2D eigenvalue weighted by Gasteiger charge is 2.22. The predicted molar refractivity (Wildman–Crippen MR) is 79.3 cm³/mol. The van der Waals surface area contributed by atoms with Gasteiger partial charge >= 0.3 is 0 Å². The summed E-state index contributed by atoms with van der Waals surface area (Å²) >= 11 is 4.83. The lowest BCUT2D eigenvalue weighted by Gasteiger charge is -2.22. The molecule has 1 aromatic rings. The van der Waals surface area contributed by atoms with Crippen molar-refractivity contribution in [2.45, 2.75) is 18.7 Å². The van der Waals surface area contributed by atoms with E-state index in [1.807, 2.05) is 0 Å². The Labute approximate surface area is 119 Å². The van der Waals surface area contributed by atoms with Crippen LogP contribution in [0.2, 0.25) is 0 Å². The third-order valence-corrected chi connectivity index (χ3v) is 5.08. The Balaban J connectivity index is 2.86. The van der Waals surface area contributed by atoms with E-state index in [1.165, 1.54) is 11.4 Å². The van der Waals surface area contributed by atoms with E-state index in [0.717, 1.165) is 0 Å². The average Bonchev–Trinajstić information content (AvgIpc) is 2.37. The summed E-state index contributed by atoms with van der Waals surface area (Å²) in [5.74, 6) is -0.120. The van der Waals surface area contributed by atoms with Gasteiger partial charge in [0.25, 0.3) is 0 Å². The Bertz CT molecular complexity index is 541. The zero-order valence-corrected chi connectivity index (χ0v) is 12.5. The monoisotopic (exact) mass is 302 g/mol. The van der Waals surface area contributed by atoms with Gasteiger partial charge in [0.2, 0.25) is 10.0 Å². The molecule has 0 amide bonds. The van der Waals surface area contributed by atoms with Crippen molar-refractivity contribution < 1.29 is 13.5 Å². The molecule has 7 heteroatoms. The van der Waals surface area contributed by atoms with Gasteiger partial charge in [-0.1, -0.05) is 36.5 Å². The average molecular weight is 302 g/mol. The maximum absolute atomic E-state index is 12.1. The van der Waals surface area contributed by atoms with Gasteiger partial charge in [-0.15, -0.1) is 0 Å². The maximum atomic E-state index is 12.1. The van der Waals surface area contributed by atoms with Gasteiger partial charge in [0.05, 0.1) is 12.4 Å². The first-order chi connectivity index (χ1) is 8.77. The highest BCUT2D eigenvalue weighted by Crippen LogP contribution is 2.13. The lowest BCUT2D eigenvalue weighted by Crippen LogP contribution is -2.38. The standard InChI is InChI=1S/C12H18N2O3S2/c1-9(7-15)14(2)19(16,17)8-10-3-5-11(6-4-10)12(13)18/h3-6,9,15H,7-8H2,1-2H3,(H2,13,18). The van der Waals surface area contributed by atoms with E-state index in [-0.39, 0.29) is 17.3 Å². The van der Waals surface area contributed by atoms with Crippen molar-refractivity contribution in [3.05, 3.63) is 35.4 Å². The molecule has 0 spiro atoms. The molecular weight excluding hydrogens is 284 g/mol. The van der Waals surface area contributed by atoms with Gasteiger partial charge in [0.1, 0.15) is 4.99 Å². The van der Waals surface area contributed by atoms with Crippen LogP contribution in [0, 0.1) is 0 Å². The van der Waals surface area contributed by atoms with Crippen molar-refractivity contribution in [1.82, 2.24) is 4.31 Å². The third kappa shape index (κ3) is 4.24. The normalized spacial score (nSPS) is 13.5. The molecule has 0 aliphatic carbocycles. The molecule has 0 aromatic heterocycles. The van der Waals surface area contributed by atoms with E-state index in [9.17, 15) is 8.42 Å². The fourth-order valence-corrected chi connectivity index (χ4v) is 3.04. The summed E-state index contributed by atoms with van der Waals surface area (Å²) in [5, 5.41) is 9.00. The van der Waals surface area contributed by atoms with Crippen LogP contribution in [-0.2, 0) is 15.8 Å². The first-order valence-electron chi connectivity index (χ1n) is 5.73. The van der Waals surface area contributed by atoms with E-state index in [1.54, 1.807) is 31.2 Å². The molecular formula is C12H18N2O3S2. The van der Waals surface area contributed by atoms with Crippen molar-refractivity contribution >= 4 is 27.2 Å². The van der Waals surface area contributed by atoms with Crippen LogP contribution in [0.3, 0.4) is 0 Å². The van der Waals surface area contributed by atoms with Gasteiger partial charge in [-0.05, 0) is 12.5 Å². The summed E-state index contributed by atoms with van der Waals surface area (Å²) in [5.41, 5.74) is 6.83. The molecule has 1 aromatic carbocycles. The predicted octanol–water partition coefficient (Wildman–Crippen LogP) is 0.463. The molecule has 1 atom stereocenters. The summed E-state index contributed by atoms with van der Waals surface area (Å²) in [6.45, 7) is 1.43. The smallest absolute Gasteiger partial charge is 0.218 e. The highest BCUT2D eigenvalue weighted by molar-refractivity contribution is 7.88. The molecule has 0 aliphatic heterocycles. The summed E-state index contributed by atoms with van der Waals surface area (Å²) in [7, 11) is -1.99. The molecule has 0 radical (unpaired) electrons. The highest BCUT2D eigenvalue weighted by atomic mass is 32.2. The summed E-state index contributed by atoms with van der Waals surface area (Å²) in [6.07, 6.45) is 0. The number of thiocarbonyl (C=S) groups is 1. The SMILES string of the molecule is CC(CO)N(C)S(=O)(=O)Cc1ccc(C(N)=S)cc1. The van der Waals surface area contributed by atoms with Gasteiger partial charge < -0.3 is 10.8 Å². The molecule has 5 nitrogen and oxygen atoms in total. The second-order valence-corrected chi connectivity index (χ2v) is 6.83. The number of likely N-dealkylation sites (N-methyl/N-ethyl adjacent to an activating group) is 1. The van der Waals surface area contributed by atoms with Gasteiger partial charge in [-0.3, -0.25) is 0 Å². The van der Waals surface area contributed by atoms with Gasteiger partial charge in [-0.2, -0.15) is 4.31 Å². The Morgan fingerprint density at radius 3 is 2.37 bits per heavy atom. The topological polar surface area (TPSA) is 83.6 Å². The van der Waals surface area contributed by atoms with Gasteiger partial charge in [-0.25, -0.2) is 8.42 Å². The largest absolute Gasteiger partial charge is 0.395 e. The van der Waals surface area contributed by atoms with Crippen molar-refractivity contribution in [1.29, 1.82) is 0 Å². The molecule has 0 heterocycles. The molecule has 0 saturated heterocycles. The molecule has 106 valence electrons. The summed E-state index contributed by atoms with van der Waals surface area (Å²) in [4.78, 5) is 0.278. The molecule has 0 saturated carbocycles. The zero-order valence-electron chi connectivity index (χ0n) is 10.9. The van der Waals surface area contributed by atoms with E-state index < -0.39 is 16.1 Å². The van der Waals surface area contributed by atoms with Crippen molar-refractivity contribution in [3.8, 4) is 0 Å². The number of rotatable bonds is 6. The summed E-state index contributed by atoms with van der Waals surface area (Å²) < 4.78 is 25.3. The van der Waals surface area contributed by atoms with E-state index in [4.69, 9.17) is 23.1 Å². The molecule has 0 bridgehead atoms. The van der Waals surface area contributed by atoms with Crippen LogP contribution in [0.1, 0.15) is 18.1 Å². The Hall–Kier alpha value is -1.02. The minimum atomic E-state index is -3.45. The fraction of sp³-hybridized carbons (Fsp3) is 0.417. The lowest BCUT2D eigenvalue weighted by atomic mass is 10.1. The zero-order chi connectivity index (χ0) is 14.6.